The number of rotatable bonds is 7. The number of fused-ring (bicyclic) bond motifs is 1. The summed E-state index contributed by atoms with van der Waals surface area (Å²) >= 11 is 1.23. The van der Waals surface area contributed by atoms with E-state index in [-0.39, 0.29) is 11.2 Å². The van der Waals surface area contributed by atoms with Crippen molar-refractivity contribution >= 4 is 28.6 Å². The zero-order valence-corrected chi connectivity index (χ0v) is 16.8. The monoisotopic (exact) mass is 408 g/mol. The third kappa shape index (κ3) is 4.12. The van der Waals surface area contributed by atoms with E-state index in [1.807, 2.05) is 54.7 Å². The number of carbonyl (C=O) groups is 1. The molecular weight excluding hydrogens is 388 g/mol. The lowest BCUT2D eigenvalue weighted by Gasteiger charge is -2.12. The molecule has 7 nitrogen and oxygen atoms in total. The van der Waals surface area contributed by atoms with Gasteiger partial charge in [0.05, 0.1) is 17.9 Å². The number of benzene rings is 2. The molecule has 0 bridgehead atoms. The average molecular weight is 408 g/mol. The van der Waals surface area contributed by atoms with Crippen LogP contribution in [0.3, 0.4) is 0 Å². The summed E-state index contributed by atoms with van der Waals surface area (Å²) in [5.41, 5.74) is 2.76. The molecule has 4 aromatic rings. The fraction of sp³-hybridized carbons (Fsp3) is 0.190. The highest BCUT2D eigenvalue weighted by molar-refractivity contribution is 8.00. The molecule has 2 heterocycles. The molecule has 0 aliphatic carbocycles. The molecule has 1 amide bonds. The SMILES string of the molecule is COc1ccccc1CNC(=O)[C@H](C)Sc1nnc(-c2c[nH]c3ccccc23)o1. The summed E-state index contributed by atoms with van der Waals surface area (Å²) in [6.07, 6.45) is 1.84. The van der Waals surface area contributed by atoms with Gasteiger partial charge in [0, 0.05) is 29.2 Å². The molecule has 148 valence electrons. The zero-order chi connectivity index (χ0) is 20.2. The number of para-hydroxylation sites is 2. The van der Waals surface area contributed by atoms with E-state index in [9.17, 15) is 4.79 Å². The van der Waals surface area contributed by atoms with Gasteiger partial charge in [0.15, 0.2) is 0 Å². The van der Waals surface area contributed by atoms with Crippen LogP contribution in [0.1, 0.15) is 12.5 Å². The lowest BCUT2D eigenvalue weighted by Crippen LogP contribution is -2.30. The second-order valence-corrected chi connectivity index (χ2v) is 7.70. The Balaban J connectivity index is 1.40. The van der Waals surface area contributed by atoms with Crippen molar-refractivity contribution < 1.29 is 13.9 Å². The second kappa shape index (κ2) is 8.40. The average Bonchev–Trinajstić information content (AvgIpc) is 3.38. The smallest absolute Gasteiger partial charge is 0.277 e. The van der Waals surface area contributed by atoms with E-state index in [0.717, 1.165) is 27.8 Å². The first-order valence-electron chi connectivity index (χ1n) is 9.12. The second-order valence-electron chi connectivity index (χ2n) is 6.41. The molecule has 8 heteroatoms. The van der Waals surface area contributed by atoms with Crippen molar-refractivity contribution in [3.05, 3.63) is 60.3 Å². The molecule has 1 atom stereocenters. The molecule has 2 aromatic heterocycles. The Morgan fingerprint density at radius 1 is 1.21 bits per heavy atom. The fourth-order valence-electron chi connectivity index (χ4n) is 2.99. The van der Waals surface area contributed by atoms with Crippen LogP contribution in [0, 0.1) is 0 Å². The summed E-state index contributed by atoms with van der Waals surface area (Å²) in [4.78, 5) is 15.7. The highest BCUT2D eigenvalue weighted by Crippen LogP contribution is 2.30. The number of hydrogen-bond donors (Lipinski definition) is 2. The predicted molar refractivity (Wildman–Crippen MR) is 112 cm³/mol. The third-order valence-electron chi connectivity index (χ3n) is 4.52. The first kappa shape index (κ1) is 19.1. The topological polar surface area (TPSA) is 93.0 Å². The number of thioether (sulfide) groups is 1. The first-order chi connectivity index (χ1) is 14.2. The van der Waals surface area contributed by atoms with Crippen LogP contribution in [0.2, 0.25) is 0 Å². The number of ether oxygens (including phenoxy) is 1. The Labute approximate surface area is 171 Å². The van der Waals surface area contributed by atoms with Crippen molar-refractivity contribution in [2.75, 3.05) is 7.11 Å². The van der Waals surface area contributed by atoms with Gasteiger partial charge in [0.2, 0.25) is 5.91 Å². The molecule has 0 radical (unpaired) electrons. The van der Waals surface area contributed by atoms with E-state index in [0.29, 0.717) is 17.7 Å². The van der Waals surface area contributed by atoms with Crippen molar-refractivity contribution in [3.8, 4) is 17.2 Å². The van der Waals surface area contributed by atoms with Gasteiger partial charge in [0.1, 0.15) is 5.75 Å². The van der Waals surface area contributed by atoms with Crippen LogP contribution < -0.4 is 10.1 Å². The van der Waals surface area contributed by atoms with Crippen LogP contribution in [0.25, 0.3) is 22.4 Å². The highest BCUT2D eigenvalue weighted by Gasteiger charge is 2.20. The maximum absolute atomic E-state index is 12.5. The lowest BCUT2D eigenvalue weighted by molar-refractivity contribution is -0.120. The zero-order valence-electron chi connectivity index (χ0n) is 16.0. The molecule has 4 rings (SSSR count). The molecule has 2 N–H and O–H groups in total. The van der Waals surface area contributed by atoms with E-state index in [1.165, 1.54) is 11.8 Å². The van der Waals surface area contributed by atoms with E-state index in [1.54, 1.807) is 14.0 Å². The van der Waals surface area contributed by atoms with Gasteiger partial charge in [-0.1, -0.05) is 48.2 Å². The molecule has 0 spiro atoms. The quantitative estimate of drug-likeness (QED) is 0.449. The summed E-state index contributed by atoms with van der Waals surface area (Å²) in [6.45, 7) is 2.19. The van der Waals surface area contributed by atoms with Gasteiger partial charge < -0.3 is 19.5 Å². The van der Waals surface area contributed by atoms with Crippen LogP contribution in [0.4, 0.5) is 0 Å². The number of hydrogen-bond acceptors (Lipinski definition) is 6. The van der Waals surface area contributed by atoms with Crippen molar-refractivity contribution in [3.63, 3.8) is 0 Å². The van der Waals surface area contributed by atoms with Crippen LogP contribution in [-0.2, 0) is 11.3 Å². The van der Waals surface area contributed by atoms with Gasteiger partial charge in [0.25, 0.3) is 11.1 Å². The van der Waals surface area contributed by atoms with Gasteiger partial charge in [-0.15, -0.1) is 10.2 Å². The maximum atomic E-state index is 12.5. The summed E-state index contributed by atoms with van der Waals surface area (Å²) in [6, 6.07) is 15.5. The van der Waals surface area contributed by atoms with Crippen molar-refractivity contribution in [2.24, 2.45) is 0 Å². The largest absolute Gasteiger partial charge is 0.496 e. The molecule has 0 saturated carbocycles. The predicted octanol–water partition coefficient (Wildman–Crippen LogP) is 4.02. The maximum Gasteiger partial charge on any atom is 0.277 e. The molecule has 0 fully saturated rings. The molecule has 0 aliphatic heterocycles. The number of nitrogens with one attached hydrogen (secondary N) is 2. The standard InChI is InChI=1S/C21H20N4O3S/c1-13(19(26)23-11-14-7-3-6-10-18(14)27-2)29-21-25-24-20(28-21)16-12-22-17-9-5-4-8-15(16)17/h3-10,12-13,22H,11H2,1-2H3,(H,23,26)/t13-/m0/s1. The van der Waals surface area contributed by atoms with Gasteiger partial charge >= 0.3 is 0 Å². The Kier molecular flexibility index (Phi) is 5.53. The summed E-state index contributed by atoms with van der Waals surface area (Å²) < 4.78 is 11.1. The minimum Gasteiger partial charge on any atom is -0.496 e. The van der Waals surface area contributed by atoms with Crippen molar-refractivity contribution in [2.45, 2.75) is 23.9 Å². The number of H-pyrrole nitrogens is 1. The van der Waals surface area contributed by atoms with Gasteiger partial charge in [-0.25, -0.2) is 0 Å². The molecule has 29 heavy (non-hydrogen) atoms. The summed E-state index contributed by atoms with van der Waals surface area (Å²) in [5.74, 6) is 1.05. The Morgan fingerprint density at radius 3 is 2.86 bits per heavy atom. The van der Waals surface area contributed by atoms with E-state index in [4.69, 9.17) is 9.15 Å². The first-order valence-corrected chi connectivity index (χ1v) is 10.00. The molecule has 2 aromatic carbocycles. The van der Waals surface area contributed by atoms with Crippen LogP contribution in [0.15, 0.2) is 64.4 Å². The van der Waals surface area contributed by atoms with E-state index >= 15 is 0 Å². The number of carbonyl (C=O) groups excluding carboxylic acids is 1. The van der Waals surface area contributed by atoms with Crippen molar-refractivity contribution in [1.29, 1.82) is 0 Å². The molecular formula is C21H20N4O3S. The minimum absolute atomic E-state index is 0.118. The summed E-state index contributed by atoms with van der Waals surface area (Å²) in [7, 11) is 1.61. The van der Waals surface area contributed by atoms with Crippen LogP contribution in [-0.4, -0.2) is 33.4 Å². The molecule has 0 saturated heterocycles. The third-order valence-corrected chi connectivity index (χ3v) is 5.45. The molecule has 0 aliphatic rings. The lowest BCUT2D eigenvalue weighted by atomic mass is 10.2. The van der Waals surface area contributed by atoms with E-state index < -0.39 is 0 Å². The number of aromatic amines is 1. The minimum atomic E-state index is -0.388. The number of aromatic nitrogens is 3. The summed E-state index contributed by atoms with van der Waals surface area (Å²) in [5, 5.41) is 12.1. The number of nitrogens with zero attached hydrogens (tertiary/aromatic N) is 2. The van der Waals surface area contributed by atoms with Crippen LogP contribution >= 0.6 is 11.8 Å². The highest BCUT2D eigenvalue weighted by atomic mass is 32.2. The van der Waals surface area contributed by atoms with Gasteiger partial charge in [-0.2, -0.15) is 0 Å². The Hall–Kier alpha value is -3.26. The normalized spacial score (nSPS) is 12.1. The fourth-order valence-corrected chi connectivity index (χ4v) is 3.70. The van der Waals surface area contributed by atoms with E-state index in [2.05, 4.69) is 20.5 Å². The van der Waals surface area contributed by atoms with Crippen molar-refractivity contribution in [1.82, 2.24) is 20.5 Å². The Morgan fingerprint density at radius 2 is 2.00 bits per heavy atom. The van der Waals surface area contributed by atoms with Gasteiger partial charge in [-0.3, -0.25) is 4.79 Å². The number of amides is 1. The van der Waals surface area contributed by atoms with Gasteiger partial charge in [-0.05, 0) is 19.1 Å². The molecule has 0 unspecified atom stereocenters. The number of methoxy groups -OCH3 is 1. The van der Waals surface area contributed by atoms with Crippen LogP contribution in [0.5, 0.6) is 5.75 Å². The Bertz CT molecular complexity index is 1140.